The van der Waals surface area contributed by atoms with Crippen molar-refractivity contribution in [3.8, 4) is 0 Å². The number of benzene rings is 1. The zero-order valence-electron chi connectivity index (χ0n) is 8.85. The van der Waals surface area contributed by atoms with E-state index in [2.05, 4.69) is 4.98 Å². The molecule has 0 atom stereocenters. The Morgan fingerprint density at radius 3 is 2.71 bits per heavy atom. The van der Waals surface area contributed by atoms with E-state index in [1.165, 1.54) is 11.8 Å². The topological polar surface area (TPSA) is 62.8 Å². The lowest BCUT2D eigenvalue weighted by molar-refractivity contribution is 1.13. The second-order valence-corrected chi connectivity index (χ2v) is 4.83. The standard InChI is InChI=1S/C12H10ClN3S/c13-10-7-8(4-5-9(10)12(14)15)17-11-3-1-2-6-16-11/h1-7H,(H3,14,15). The number of nitrogens with two attached hydrogens (primary N) is 1. The molecule has 0 aliphatic carbocycles. The number of amidine groups is 1. The van der Waals surface area contributed by atoms with Crippen LogP contribution in [0.25, 0.3) is 0 Å². The Labute approximate surface area is 109 Å². The van der Waals surface area contributed by atoms with Gasteiger partial charge in [0.05, 0.1) is 5.02 Å². The third kappa shape index (κ3) is 2.99. The van der Waals surface area contributed by atoms with E-state index in [4.69, 9.17) is 22.7 Å². The molecule has 1 heterocycles. The molecule has 3 nitrogen and oxygen atoms in total. The first-order chi connectivity index (χ1) is 8.16. The molecule has 0 unspecified atom stereocenters. The lowest BCUT2D eigenvalue weighted by Gasteiger charge is -2.05. The fourth-order valence-electron chi connectivity index (χ4n) is 1.31. The van der Waals surface area contributed by atoms with E-state index in [9.17, 15) is 0 Å². The molecule has 0 fully saturated rings. The monoisotopic (exact) mass is 263 g/mol. The SMILES string of the molecule is N=C(N)c1ccc(Sc2ccccn2)cc1Cl. The number of hydrogen-bond donors (Lipinski definition) is 2. The van der Waals surface area contributed by atoms with Crippen LogP contribution in [0.5, 0.6) is 0 Å². The van der Waals surface area contributed by atoms with Crippen LogP contribution in [0.3, 0.4) is 0 Å². The van der Waals surface area contributed by atoms with E-state index in [-0.39, 0.29) is 5.84 Å². The number of nitrogen functional groups attached to an aromatic ring is 1. The van der Waals surface area contributed by atoms with Gasteiger partial charge in [-0.25, -0.2) is 4.98 Å². The molecule has 0 saturated heterocycles. The maximum atomic E-state index is 7.34. The first-order valence-electron chi connectivity index (χ1n) is 4.89. The van der Waals surface area contributed by atoms with Crippen LogP contribution < -0.4 is 5.73 Å². The van der Waals surface area contributed by atoms with Crippen LogP contribution in [0.1, 0.15) is 5.56 Å². The minimum absolute atomic E-state index is 0.0237. The third-order valence-electron chi connectivity index (χ3n) is 2.09. The summed E-state index contributed by atoms with van der Waals surface area (Å²) in [4.78, 5) is 5.19. The van der Waals surface area contributed by atoms with Crippen molar-refractivity contribution in [2.45, 2.75) is 9.92 Å². The second kappa shape index (κ2) is 5.21. The number of pyridine rings is 1. The number of nitrogens with zero attached hydrogens (tertiary/aromatic N) is 1. The van der Waals surface area contributed by atoms with Gasteiger partial charge in [-0.05, 0) is 30.3 Å². The summed E-state index contributed by atoms with van der Waals surface area (Å²) >= 11 is 7.55. The first-order valence-corrected chi connectivity index (χ1v) is 6.09. The fourth-order valence-corrected chi connectivity index (χ4v) is 2.47. The number of rotatable bonds is 3. The lowest BCUT2D eigenvalue weighted by atomic mass is 10.2. The maximum Gasteiger partial charge on any atom is 0.124 e. The Bertz CT molecular complexity index is 543. The summed E-state index contributed by atoms with van der Waals surface area (Å²) in [5.41, 5.74) is 5.95. The minimum Gasteiger partial charge on any atom is -0.384 e. The Kier molecular flexibility index (Phi) is 3.66. The van der Waals surface area contributed by atoms with Crippen molar-refractivity contribution in [1.29, 1.82) is 5.41 Å². The number of nitrogens with one attached hydrogen (secondary N) is 1. The lowest BCUT2D eigenvalue weighted by Crippen LogP contribution is -2.11. The van der Waals surface area contributed by atoms with Crippen LogP contribution in [0.2, 0.25) is 5.02 Å². The van der Waals surface area contributed by atoms with Crippen LogP contribution in [0.15, 0.2) is 52.5 Å². The van der Waals surface area contributed by atoms with Crippen molar-refractivity contribution >= 4 is 29.2 Å². The van der Waals surface area contributed by atoms with Gasteiger partial charge in [-0.1, -0.05) is 29.4 Å². The Balaban J connectivity index is 2.24. The number of halogens is 1. The van der Waals surface area contributed by atoms with E-state index in [1.54, 1.807) is 18.3 Å². The predicted octanol–water partition coefficient (Wildman–Crippen LogP) is 3.17. The Morgan fingerprint density at radius 1 is 1.29 bits per heavy atom. The molecule has 17 heavy (non-hydrogen) atoms. The molecule has 2 aromatic rings. The van der Waals surface area contributed by atoms with Gasteiger partial charge in [0.15, 0.2) is 0 Å². The molecule has 0 aliphatic heterocycles. The van der Waals surface area contributed by atoms with Crippen LogP contribution in [0, 0.1) is 5.41 Å². The molecule has 0 bridgehead atoms. The van der Waals surface area contributed by atoms with E-state index >= 15 is 0 Å². The summed E-state index contributed by atoms with van der Waals surface area (Å²) in [5.74, 6) is -0.0237. The van der Waals surface area contributed by atoms with E-state index in [1.807, 2.05) is 24.3 Å². The zero-order chi connectivity index (χ0) is 12.3. The Hall–Kier alpha value is -1.52. The highest BCUT2D eigenvalue weighted by atomic mass is 35.5. The van der Waals surface area contributed by atoms with Gasteiger partial charge in [0.25, 0.3) is 0 Å². The van der Waals surface area contributed by atoms with E-state index in [0.717, 1.165) is 9.92 Å². The van der Waals surface area contributed by atoms with Crippen LogP contribution in [0.4, 0.5) is 0 Å². The molecular weight excluding hydrogens is 254 g/mol. The predicted molar refractivity (Wildman–Crippen MR) is 70.8 cm³/mol. The molecule has 1 aromatic carbocycles. The highest BCUT2D eigenvalue weighted by molar-refractivity contribution is 7.99. The van der Waals surface area contributed by atoms with Crippen molar-refractivity contribution < 1.29 is 0 Å². The van der Waals surface area contributed by atoms with Crippen LogP contribution in [-0.2, 0) is 0 Å². The Morgan fingerprint density at radius 2 is 2.12 bits per heavy atom. The molecule has 0 saturated carbocycles. The van der Waals surface area contributed by atoms with Crippen molar-refractivity contribution in [3.63, 3.8) is 0 Å². The average molecular weight is 264 g/mol. The van der Waals surface area contributed by atoms with Crippen molar-refractivity contribution in [2.75, 3.05) is 0 Å². The van der Waals surface area contributed by atoms with Gasteiger partial charge >= 0.3 is 0 Å². The quantitative estimate of drug-likeness (QED) is 0.660. The normalized spacial score (nSPS) is 10.2. The summed E-state index contributed by atoms with van der Waals surface area (Å²) in [5, 5.41) is 8.73. The van der Waals surface area contributed by atoms with Crippen molar-refractivity contribution in [1.82, 2.24) is 4.98 Å². The van der Waals surface area contributed by atoms with Gasteiger partial charge in [0.1, 0.15) is 10.9 Å². The van der Waals surface area contributed by atoms with Crippen LogP contribution in [-0.4, -0.2) is 10.8 Å². The molecule has 3 N–H and O–H groups in total. The van der Waals surface area contributed by atoms with Gasteiger partial charge in [-0.15, -0.1) is 0 Å². The highest BCUT2D eigenvalue weighted by Crippen LogP contribution is 2.29. The van der Waals surface area contributed by atoms with Crippen molar-refractivity contribution in [3.05, 3.63) is 53.2 Å². The molecular formula is C12H10ClN3S. The maximum absolute atomic E-state index is 7.34. The van der Waals surface area contributed by atoms with E-state index < -0.39 is 0 Å². The summed E-state index contributed by atoms with van der Waals surface area (Å²) in [6, 6.07) is 11.1. The number of hydrogen-bond acceptors (Lipinski definition) is 3. The van der Waals surface area contributed by atoms with Gasteiger partial charge < -0.3 is 5.73 Å². The molecule has 0 amide bonds. The zero-order valence-corrected chi connectivity index (χ0v) is 10.4. The smallest absolute Gasteiger partial charge is 0.124 e. The third-order valence-corrected chi connectivity index (χ3v) is 3.34. The largest absolute Gasteiger partial charge is 0.384 e. The summed E-state index contributed by atoms with van der Waals surface area (Å²) < 4.78 is 0. The van der Waals surface area contributed by atoms with Gasteiger partial charge in [-0.3, -0.25) is 5.41 Å². The minimum atomic E-state index is -0.0237. The van der Waals surface area contributed by atoms with Gasteiger partial charge in [0.2, 0.25) is 0 Å². The summed E-state index contributed by atoms with van der Waals surface area (Å²) in [7, 11) is 0. The molecule has 0 radical (unpaired) electrons. The van der Waals surface area contributed by atoms with Crippen LogP contribution >= 0.6 is 23.4 Å². The molecule has 0 aliphatic rings. The average Bonchev–Trinajstić information content (AvgIpc) is 2.30. The number of aromatic nitrogens is 1. The first kappa shape index (κ1) is 12.0. The van der Waals surface area contributed by atoms with Gasteiger partial charge in [0, 0.05) is 16.7 Å². The highest BCUT2D eigenvalue weighted by Gasteiger charge is 2.05. The fraction of sp³-hybridized carbons (Fsp3) is 0. The van der Waals surface area contributed by atoms with Gasteiger partial charge in [-0.2, -0.15) is 0 Å². The molecule has 1 aromatic heterocycles. The molecule has 86 valence electrons. The van der Waals surface area contributed by atoms with Crippen molar-refractivity contribution in [2.24, 2.45) is 5.73 Å². The molecule has 0 spiro atoms. The summed E-state index contributed by atoms with van der Waals surface area (Å²) in [6.07, 6.45) is 1.74. The second-order valence-electron chi connectivity index (χ2n) is 3.33. The van der Waals surface area contributed by atoms with E-state index in [0.29, 0.717) is 10.6 Å². The summed E-state index contributed by atoms with van der Waals surface area (Å²) in [6.45, 7) is 0. The molecule has 5 heteroatoms. The molecule has 2 rings (SSSR count).